The fraction of sp³-hybridized carbons (Fsp3) is 0. The molecule has 0 amide bonds. The quantitative estimate of drug-likeness (QED) is 0.746. The summed E-state index contributed by atoms with van der Waals surface area (Å²) in [7, 11) is 0. The maximum Gasteiger partial charge on any atom is 0.123 e. The van der Waals surface area contributed by atoms with Gasteiger partial charge in [0.25, 0.3) is 0 Å². The maximum absolute atomic E-state index is 12.9. The summed E-state index contributed by atoms with van der Waals surface area (Å²) in [5, 5.41) is 0. The van der Waals surface area contributed by atoms with Crippen LogP contribution in [0.3, 0.4) is 0 Å². The van der Waals surface area contributed by atoms with Gasteiger partial charge in [-0.15, -0.1) is 0 Å². The number of rotatable bonds is 1. The summed E-state index contributed by atoms with van der Waals surface area (Å²) in [6.07, 6.45) is 1.61. The van der Waals surface area contributed by atoms with Crippen LogP contribution < -0.4 is 5.73 Å². The molecule has 70 valence electrons. The Morgan fingerprint density at radius 2 is 1.86 bits per heavy atom. The van der Waals surface area contributed by atoms with Crippen molar-refractivity contribution in [2.45, 2.75) is 0 Å². The van der Waals surface area contributed by atoms with Crippen LogP contribution in [-0.2, 0) is 0 Å². The van der Waals surface area contributed by atoms with Crippen LogP contribution in [0.4, 0.5) is 10.2 Å². The summed E-state index contributed by atoms with van der Waals surface area (Å²) in [4.78, 5) is 3.87. The Labute approximate surface area is 81.2 Å². The van der Waals surface area contributed by atoms with Crippen molar-refractivity contribution in [3.05, 3.63) is 48.4 Å². The standard InChI is InChI=1S/C11H9FN2/c12-10-3-1-2-8(6-10)9-4-5-14-11(13)7-9/h1-7H,(H2,13,14). The smallest absolute Gasteiger partial charge is 0.123 e. The Morgan fingerprint density at radius 1 is 1.07 bits per heavy atom. The topological polar surface area (TPSA) is 38.9 Å². The van der Waals surface area contributed by atoms with Crippen LogP contribution in [-0.4, -0.2) is 4.98 Å². The zero-order valence-electron chi connectivity index (χ0n) is 7.44. The molecule has 0 saturated carbocycles. The Morgan fingerprint density at radius 3 is 2.57 bits per heavy atom. The van der Waals surface area contributed by atoms with E-state index < -0.39 is 0 Å². The van der Waals surface area contributed by atoms with E-state index in [1.165, 1.54) is 12.1 Å². The van der Waals surface area contributed by atoms with E-state index in [0.717, 1.165) is 11.1 Å². The first-order chi connectivity index (χ1) is 6.75. The van der Waals surface area contributed by atoms with Crippen LogP contribution in [0.1, 0.15) is 0 Å². The van der Waals surface area contributed by atoms with Crippen LogP contribution in [0.25, 0.3) is 11.1 Å². The third kappa shape index (κ3) is 1.71. The summed E-state index contributed by atoms with van der Waals surface area (Å²) in [5.74, 6) is 0.185. The molecule has 1 aromatic heterocycles. The van der Waals surface area contributed by atoms with Crippen LogP contribution in [0.2, 0.25) is 0 Å². The number of benzene rings is 1. The highest BCUT2D eigenvalue weighted by Crippen LogP contribution is 2.20. The van der Waals surface area contributed by atoms with E-state index in [9.17, 15) is 4.39 Å². The number of pyridine rings is 1. The van der Waals surface area contributed by atoms with Crippen molar-refractivity contribution >= 4 is 5.82 Å². The van der Waals surface area contributed by atoms with Crippen molar-refractivity contribution in [2.24, 2.45) is 0 Å². The molecule has 0 aliphatic heterocycles. The molecular weight excluding hydrogens is 179 g/mol. The molecule has 1 heterocycles. The lowest BCUT2D eigenvalue weighted by atomic mass is 10.1. The van der Waals surface area contributed by atoms with E-state index in [-0.39, 0.29) is 5.82 Å². The highest BCUT2D eigenvalue weighted by molar-refractivity contribution is 5.65. The van der Waals surface area contributed by atoms with E-state index in [1.807, 2.05) is 6.07 Å². The van der Waals surface area contributed by atoms with E-state index in [0.29, 0.717) is 5.82 Å². The van der Waals surface area contributed by atoms with Gasteiger partial charge in [-0.05, 0) is 35.4 Å². The van der Waals surface area contributed by atoms with E-state index in [4.69, 9.17) is 5.73 Å². The van der Waals surface area contributed by atoms with Gasteiger partial charge in [0.2, 0.25) is 0 Å². The normalized spacial score (nSPS) is 10.1. The fourth-order valence-corrected chi connectivity index (χ4v) is 1.30. The maximum atomic E-state index is 12.9. The molecule has 0 fully saturated rings. The first-order valence-corrected chi connectivity index (χ1v) is 4.23. The lowest BCUT2D eigenvalue weighted by Gasteiger charge is -2.01. The molecule has 2 aromatic rings. The van der Waals surface area contributed by atoms with Gasteiger partial charge >= 0.3 is 0 Å². The molecule has 3 heteroatoms. The van der Waals surface area contributed by atoms with Gasteiger partial charge < -0.3 is 5.73 Å². The van der Waals surface area contributed by atoms with Gasteiger partial charge in [0.1, 0.15) is 11.6 Å². The number of halogens is 1. The zero-order valence-corrected chi connectivity index (χ0v) is 7.44. The molecule has 0 radical (unpaired) electrons. The van der Waals surface area contributed by atoms with Crippen LogP contribution in [0.15, 0.2) is 42.6 Å². The fourth-order valence-electron chi connectivity index (χ4n) is 1.30. The van der Waals surface area contributed by atoms with Crippen LogP contribution >= 0.6 is 0 Å². The third-order valence-electron chi connectivity index (χ3n) is 1.94. The SMILES string of the molecule is Nc1cc(-c2cccc(F)c2)ccn1. The van der Waals surface area contributed by atoms with Gasteiger partial charge in [-0.2, -0.15) is 0 Å². The highest BCUT2D eigenvalue weighted by atomic mass is 19.1. The molecule has 0 saturated heterocycles. The number of nitrogen functional groups attached to an aromatic ring is 1. The van der Waals surface area contributed by atoms with Gasteiger partial charge in [-0.3, -0.25) is 0 Å². The molecule has 1 aromatic carbocycles. The molecule has 0 atom stereocenters. The third-order valence-corrected chi connectivity index (χ3v) is 1.94. The predicted octanol–water partition coefficient (Wildman–Crippen LogP) is 2.47. The molecular formula is C11H9FN2. The van der Waals surface area contributed by atoms with Crippen LogP contribution in [0, 0.1) is 5.82 Å². The van der Waals surface area contributed by atoms with Gasteiger partial charge in [-0.1, -0.05) is 12.1 Å². The van der Waals surface area contributed by atoms with Gasteiger partial charge in [0.15, 0.2) is 0 Å². The molecule has 0 aliphatic carbocycles. The average molecular weight is 188 g/mol. The second-order valence-electron chi connectivity index (χ2n) is 2.98. The van der Waals surface area contributed by atoms with E-state index >= 15 is 0 Å². The van der Waals surface area contributed by atoms with Crippen molar-refractivity contribution in [1.82, 2.24) is 4.98 Å². The second kappa shape index (κ2) is 3.46. The monoisotopic (exact) mass is 188 g/mol. The minimum atomic E-state index is -0.252. The molecule has 0 unspecified atom stereocenters. The molecule has 2 rings (SSSR count). The minimum absolute atomic E-state index is 0.252. The van der Waals surface area contributed by atoms with Crippen molar-refractivity contribution in [3.8, 4) is 11.1 Å². The number of nitrogens with two attached hydrogens (primary N) is 1. The van der Waals surface area contributed by atoms with Gasteiger partial charge in [0, 0.05) is 6.20 Å². The zero-order chi connectivity index (χ0) is 9.97. The van der Waals surface area contributed by atoms with E-state index in [2.05, 4.69) is 4.98 Å². The number of nitrogens with zero attached hydrogens (tertiary/aromatic N) is 1. The molecule has 0 spiro atoms. The number of hydrogen-bond donors (Lipinski definition) is 1. The van der Waals surface area contributed by atoms with Crippen molar-refractivity contribution in [1.29, 1.82) is 0 Å². The lowest BCUT2D eigenvalue weighted by molar-refractivity contribution is 0.628. The Hall–Kier alpha value is -1.90. The largest absolute Gasteiger partial charge is 0.384 e. The first kappa shape index (κ1) is 8.69. The summed E-state index contributed by atoms with van der Waals surface area (Å²) in [5.41, 5.74) is 7.21. The minimum Gasteiger partial charge on any atom is -0.384 e. The number of hydrogen-bond acceptors (Lipinski definition) is 2. The predicted molar refractivity (Wildman–Crippen MR) is 54.0 cm³/mol. The Balaban J connectivity index is 2.49. The lowest BCUT2D eigenvalue weighted by Crippen LogP contribution is -1.89. The molecule has 14 heavy (non-hydrogen) atoms. The Bertz CT molecular complexity index is 411. The Kier molecular flexibility index (Phi) is 2.14. The number of aromatic nitrogens is 1. The molecule has 0 bridgehead atoms. The molecule has 0 aliphatic rings. The average Bonchev–Trinajstić information content (AvgIpc) is 2.18. The number of anilines is 1. The summed E-state index contributed by atoms with van der Waals surface area (Å²) >= 11 is 0. The molecule has 2 nitrogen and oxygen atoms in total. The van der Waals surface area contributed by atoms with Crippen LogP contribution in [0.5, 0.6) is 0 Å². The van der Waals surface area contributed by atoms with Crippen molar-refractivity contribution in [3.63, 3.8) is 0 Å². The highest BCUT2D eigenvalue weighted by Gasteiger charge is 1.99. The summed E-state index contributed by atoms with van der Waals surface area (Å²) < 4.78 is 12.9. The van der Waals surface area contributed by atoms with Crippen molar-refractivity contribution < 1.29 is 4.39 Å². The second-order valence-corrected chi connectivity index (χ2v) is 2.98. The van der Waals surface area contributed by atoms with Gasteiger partial charge in [-0.25, -0.2) is 9.37 Å². The molecule has 2 N–H and O–H groups in total. The first-order valence-electron chi connectivity index (χ1n) is 4.23. The summed E-state index contributed by atoms with van der Waals surface area (Å²) in [6.45, 7) is 0. The van der Waals surface area contributed by atoms with E-state index in [1.54, 1.807) is 24.4 Å². The van der Waals surface area contributed by atoms with Gasteiger partial charge in [0.05, 0.1) is 0 Å². The summed E-state index contributed by atoms with van der Waals surface area (Å²) in [6, 6.07) is 9.89. The van der Waals surface area contributed by atoms with Crippen molar-refractivity contribution in [2.75, 3.05) is 5.73 Å².